The van der Waals surface area contributed by atoms with E-state index < -0.39 is 5.97 Å². The van der Waals surface area contributed by atoms with Crippen LogP contribution in [0.5, 0.6) is 0 Å². The lowest BCUT2D eigenvalue weighted by Gasteiger charge is -2.24. The lowest BCUT2D eigenvalue weighted by Crippen LogP contribution is -2.35. The summed E-state index contributed by atoms with van der Waals surface area (Å²) in [5.41, 5.74) is 0. The van der Waals surface area contributed by atoms with Gasteiger partial charge in [-0.3, -0.25) is 9.59 Å². The van der Waals surface area contributed by atoms with Gasteiger partial charge in [-0.15, -0.1) is 0 Å². The summed E-state index contributed by atoms with van der Waals surface area (Å²) in [5, 5.41) is 9.17. The molecular formula is C16H27NO3. The van der Waals surface area contributed by atoms with Crippen molar-refractivity contribution in [2.45, 2.75) is 52.4 Å². The van der Waals surface area contributed by atoms with E-state index in [2.05, 4.69) is 6.92 Å². The van der Waals surface area contributed by atoms with Gasteiger partial charge in [0.15, 0.2) is 0 Å². The number of amides is 1. The monoisotopic (exact) mass is 281 g/mol. The second kappa shape index (κ2) is 6.59. The van der Waals surface area contributed by atoms with Crippen molar-refractivity contribution in [1.82, 2.24) is 4.90 Å². The second-order valence-electron chi connectivity index (χ2n) is 6.66. The van der Waals surface area contributed by atoms with Crippen LogP contribution in [0.2, 0.25) is 0 Å². The summed E-state index contributed by atoms with van der Waals surface area (Å²) in [7, 11) is 0. The molecule has 2 rings (SSSR count). The van der Waals surface area contributed by atoms with Crippen LogP contribution >= 0.6 is 0 Å². The highest BCUT2D eigenvalue weighted by molar-refractivity contribution is 5.81. The first-order chi connectivity index (χ1) is 9.52. The quantitative estimate of drug-likeness (QED) is 0.843. The molecule has 0 radical (unpaired) electrons. The molecule has 0 aromatic heterocycles. The summed E-state index contributed by atoms with van der Waals surface area (Å²) in [4.78, 5) is 25.6. The molecule has 2 aliphatic rings. The van der Waals surface area contributed by atoms with E-state index in [1.165, 1.54) is 25.7 Å². The van der Waals surface area contributed by atoms with E-state index >= 15 is 0 Å². The number of hydrogen-bond acceptors (Lipinski definition) is 2. The van der Waals surface area contributed by atoms with Crippen molar-refractivity contribution in [3.8, 4) is 0 Å². The highest BCUT2D eigenvalue weighted by Gasteiger charge is 2.38. The molecule has 1 saturated carbocycles. The van der Waals surface area contributed by atoms with Crippen LogP contribution < -0.4 is 0 Å². The maximum absolute atomic E-state index is 12.6. The maximum Gasteiger partial charge on any atom is 0.308 e. The first-order valence-corrected chi connectivity index (χ1v) is 8.04. The zero-order chi connectivity index (χ0) is 14.7. The minimum atomic E-state index is -0.767. The summed E-state index contributed by atoms with van der Waals surface area (Å²) in [6, 6.07) is 0. The molecule has 4 heteroatoms. The molecule has 1 heterocycles. The third kappa shape index (κ3) is 3.33. The van der Waals surface area contributed by atoms with E-state index in [1.54, 1.807) is 4.90 Å². The van der Waals surface area contributed by atoms with Crippen LogP contribution in [0.15, 0.2) is 0 Å². The van der Waals surface area contributed by atoms with E-state index in [-0.39, 0.29) is 23.7 Å². The van der Waals surface area contributed by atoms with Crippen molar-refractivity contribution >= 4 is 11.9 Å². The molecule has 1 aliphatic carbocycles. The number of carbonyl (C=O) groups excluding carboxylic acids is 1. The minimum Gasteiger partial charge on any atom is -0.481 e. The fourth-order valence-corrected chi connectivity index (χ4v) is 3.82. The molecule has 0 bridgehead atoms. The number of nitrogens with zero attached hydrogens (tertiary/aromatic N) is 1. The number of carboxylic acids is 1. The molecule has 0 aromatic carbocycles. The number of likely N-dealkylation sites (tertiary alicyclic amines) is 1. The van der Waals surface area contributed by atoms with Crippen LogP contribution in [0.3, 0.4) is 0 Å². The van der Waals surface area contributed by atoms with Gasteiger partial charge in [0.25, 0.3) is 0 Å². The third-order valence-corrected chi connectivity index (χ3v) is 5.18. The number of hydrogen-bond donors (Lipinski definition) is 1. The predicted octanol–water partition coefficient (Wildman–Crippen LogP) is 2.77. The smallest absolute Gasteiger partial charge is 0.308 e. The summed E-state index contributed by atoms with van der Waals surface area (Å²) < 4.78 is 0. The van der Waals surface area contributed by atoms with E-state index in [0.717, 1.165) is 12.8 Å². The van der Waals surface area contributed by atoms with Crippen molar-refractivity contribution in [2.24, 2.45) is 23.7 Å². The highest BCUT2D eigenvalue weighted by atomic mass is 16.4. The predicted molar refractivity (Wildman–Crippen MR) is 77.2 cm³/mol. The third-order valence-electron chi connectivity index (χ3n) is 5.18. The maximum atomic E-state index is 12.6. The summed E-state index contributed by atoms with van der Waals surface area (Å²) >= 11 is 0. The average molecular weight is 281 g/mol. The van der Waals surface area contributed by atoms with E-state index in [9.17, 15) is 14.7 Å². The molecule has 1 amide bonds. The molecule has 2 fully saturated rings. The van der Waals surface area contributed by atoms with Crippen molar-refractivity contribution in [2.75, 3.05) is 13.1 Å². The Morgan fingerprint density at radius 1 is 1.25 bits per heavy atom. The Bertz CT molecular complexity index is 363. The summed E-state index contributed by atoms with van der Waals surface area (Å²) in [5.74, 6) is -0.0907. The van der Waals surface area contributed by atoms with Crippen LogP contribution in [0.1, 0.15) is 52.4 Å². The lowest BCUT2D eigenvalue weighted by molar-refractivity contribution is -0.142. The standard InChI is InChI=1S/C16H27NO3/c1-3-13(8-12-6-4-5-7-12)15(18)17-9-11(2)14(10-17)16(19)20/h11-14H,3-10H2,1-2H3,(H,19,20)/t11-,13?,14-/m1/s1. The van der Waals surface area contributed by atoms with Gasteiger partial charge in [-0.05, 0) is 24.7 Å². The Morgan fingerprint density at radius 2 is 1.90 bits per heavy atom. The van der Waals surface area contributed by atoms with Crippen LogP contribution in [0.25, 0.3) is 0 Å². The zero-order valence-electron chi connectivity index (χ0n) is 12.7. The zero-order valence-corrected chi connectivity index (χ0v) is 12.7. The highest BCUT2D eigenvalue weighted by Crippen LogP contribution is 2.33. The van der Waals surface area contributed by atoms with Crippen molar-refractivity contribution in [3.63, 3.8) is 0 Å². The van der Waals surface area contributed by atoms with E-state index in [0.29, 0.717) is 19.0 Å². The van der Waals surface area contributed by atoms with Gasteiger partial charge in [0.05, 0.1) is 5.92 Å². The minimum absolute atomic E-state index is 0.0698. The molecule has 3 atom stereocenters. The van der Waals surface area contributed by atoms with Gasteiger partial charge in [-0.25, -0.2) is 0 Å². The lowest BCUT2D eigenvalue weighted by atomic mass is 9.90. The van der Waals surface area contributed by atoms with Gasteiger partial charge in [0, 0.05) is 19.0 Å². The molecule has 114 valence electrons. The van der Waals surface area contributed by atoms with Crippen LogP contribution in [-0.4, -0.2) is 35.0 Å². The average Bonchev–Trinajstić information content (AvgIpc) is 3.04. The first-order valence-electron chi connectivity index (χ1n) is 8.04. The molecule has 20 heavy (non-hydrogen) atoms. The van der Waals surface area contributed by atoms with Gasteiger partial charge in [0.2, 0.25) is 5.91 Å². The van der Waals surface area contributed by atoms with Crippen molar-refractivity contribution in [1.29, 1.82) is 0 Å². The van der Waals surface area contributed by atoms with Crippen LogP contribution in [0, 0.1) is 23.7 Å². The first kappa shape index (κ1) is 15.3. The Kier molecular flexibility index (Phi) is 5.06. The van der Waals surface area contributed by atoms with E-state index in [1.807, 2.05) is 6.92 Å². The largest absolute Gasteiger partial charge is 0.481 e. The number of carbonyl (C=O) groups is 2. The molecule has 1 saturated heterocycles. The fraction of sp³-hybridized carbons (Fsp3) is 0.875. The van der Waals surface area contributed by atoms with Gasteiger partial charge in [-0.1, -0.05) is 39.5 Å². The number of rotatable bonds is 5. The Morgan fingerprint density at radius 3 is 2.40 bits per heavy atom. The molecule has 4 nitrogen and oxygen atoms in total. The molecule has 1 N–H and O–H groups in total. The SMILES string of the molecule is CCC(CC1CCCC1)C(=O)N1C[C@@H](C)[C@H](C(=O)O)C1. The van der Waals surface area contributed by atoms with E-state index in [4.69, 9.17) is 0 Å². The summed E-state index contributed by atoms with van der Waals surface area (Å²) in [6.07, 6.45) is 7.00. The second-order valence-corrected chi connectivity index (χ2v) is 6.66. The van der Waals surface area contributed by atoms with Crippen molar-refractivity contribution < 1.29 is 14.7 Å². The van der Waals surface area contributed by atoms with Gasteiger partial charge >= 0.3 is 5.97 Å². The topological polar surface area (TPSA) is 57.6 Å². The fourth-order valence-electron chi connectivity index (χ4n) is 3.82. The molecule has 1 aliphatic heterocycles. The summed E-state index contributed by atoms with van der Waals surface area (Å²) in [6.45, 7) is 5.02. The molecule has 0 aromatic rings. The van der Waals surface area contributed by atoms with Gasteiger partial charge in [-0.2, -0.15) is 0 Å². The Hall–Kier alpha value is -1.06. The number of carboxylic acid groups (broad SMARTS) is 1. The number of aliphatic carboxylic acids is 1. The van der Waals surface area contributed by atoms with Gasteiger partial charge < -0.3 is 10.0 Å². The van der Waals surface area contributed by atoms with Crippen LogP contribution in [-0.2, 0) is 9.59 Å². The molecular weight excluding hydrogens is 254 g/mol. The molecule has 0 spiro atoms. The Balaban J connectivity index is 1.93. The van der Waals surface area contributed by atoms with Gasteiger partial charge in [0.1, 0.15) is 0 Å². The van der Waals surface area contributed by atoms with Crippen LogP contribution in [0.4, 0.5) is 0 Å². The normalized spacial score (nSPS) is 28.8. The van der Waals surface area contributed by atoms with Crippen molar-refractivity contribution in [3.05, 3.63) is 0 Å². The Labute approximate surface area is 121 Å². The molecule has 1 unspecified atom stereocenters.